The first-order valence-electron chi connectivity index (χ1n) is 7.06. The Morgan fingerprint density at radius 3 is 2.63 bits per heavy atom. The third-order valence-electron chi connectivity index (χ3n) is 3.32. The molecule has 3 heteroatoms. The summed E-state index contributed by atoms with van der Waals surface area (Å²) in [5.41, 5.74) is 2.53. The van der Waals surface area contributed by atoms with Crippen LogP contribution >= 0.6 is 0 Å². The van der Waals surface area contributed by atoms with Crippen molar-refractivity contribution in [3.05, 3.63) is 53.9 Å². The zero-order valence-electron chi connectivity index (χ0n) is 11.8. The van der Waals surface area contributed by atoms with E-state index in [2.05, 4.69) is 53.7 Å². The molecule has 1 aromatic carbocycles. The van der Waals surface area contributed by atoms with Gasteiger partial charge >= 0.3 is 0 Å². The van der Waals surface area contributed by atoms with Crippen molar-refractivity contribution in [2.75, 3.05) is 6.54 Å². The van der Waals surface area contributed by atoms with Gasteiger partial charge in [-0.3, -0.25) is 4.68 Å². The van der Waals surface area contributed by atoms with Crippen molar-refractivity contribution in [1.29, 1.82) is 0 Å². The molecule has 0 radical (unpaired) electrons. The van der Waals surface area contributed by atoms with Crippen LogP contribution in [0.4, 0.5) is 0 Å². The van der Waals surface area contributed by atoms with Crippen LogP contribution in [0.15, 0.2) is 42.6 Å². The van der Waals surface area contributed by atoms with Gasteiger partial charge in [0.15, 0.2) is 0 Å². The lowest BCUT2D eigenvalue weighted by molar-refractivity contribution is 0.495. The van der Waals surface area contributed by atoms with Crippen molar-refractivity contribution in [3.8, 4) is 0 Å². The van der Waals surface area contributed by atoms with Gasteiger partial charge in [0, 0.05) is 32.3 Å². The molecule has 3 nitrogen and oxygen atoms in total. The van der Waals surface area contributed by atoms with E-state index in [0.29, 0.717) is 6.04 Å². The van der Waals surface area contributed by atoms with E-state index in [1.54, 1.807) is 0 Å². The van der Waals surface area contributed by atoms with E-state index >= 15 is 0 Å². The van der Waals surface area contributed by atoms with Crippen LogP contribution < -0.4 is 5.32 Å². The largest absolute Gasteiger partial charge is 0.310 e. The summed E-state index contributed by atoms with van der Waals surface area (Å²) in [6.07, 6.45) is 5.34. The van der Waals surface area contributed by atoms with Crippen LogP contribution in [-0.4, -0.2) is 16.3 Å². The predicted octanol–water partition coefficient (Wildman–Crippen LogP) is 3.09. The lowest BCUT2D eigenvalue weighted by Crippen LogP contribution is -2.23. The van der Waals surface area contributed by atoms with E-state index in [1.165, 1.54) is 18.4 Å². The average Bonchev–Trinajstić information content (AvgIpc) is 2.84. The number of hydrogen-bond donors (Lipinski definition) is 1. The van der Waals surface area contributed by atoms with Crippen LogP contribution in [0.2, 0.25) is 0 Å². The number of nitrogens with zero attached hydrogens (tertiary/aromatic N) is 2. The molecule has 19 heavy (non-hydrogen) atoms. The maximum atomic E-state index is 4.40. The van der Waals surface area contributed by atoms with Gasteiger partial charge in [-0.1, -0.05) is 43.7 Å². The van der Waals surface area contributed by atoms with Gasteiger partial charge in [-0.15, -0.1) is 0 Å². The van der Waals surface area contributed by atoms with E-state index < -0.39 is 0 Å². The molecule has 0 saturated carbocycles. The van der Waals surface area contributed by atoms with Crippen LogP contribution in [0, 0.1) is 0 Å². The normalized spacial score (nSPS) is 12.5. The zero-order valence-corrected chi connectivity index (χ0v) is 11.8. The summed E-state index contributed by atoms with van der Waals surface area (Å²) in [6.45, 7) is 3.20. The van der Waals surface area contributed by atoms with Gasteiger partial charge in [0.1, 0.15) is 0 Å². The molecule has 0 amide bonds. The molecule has 1 aromatic heterocycles. The fraction of sp³-hybridized carbons (Fsp3) is 0.438. The van der Waals surface area contributed by atoms with E-state index in [0.717, 1.165) is 18.7 Å². The quantitative estimate of drug-likeness (QED) is 0.826. The van der Waals surface area contributed by atoms with Crippen LogP contribution in [0.5, 0.6) is 0 Å². The standard InChI is InChI=1S/C16H23N3/c1-3-7-16(14-8-5-4-6-9-14)17-12-10-15-11-13-19(2)18-15/h4-6,8-9,11,13,16-17H,3,7,10,12H2,1-2H3. The van der Waals surface area contributed by atoms with Gasteiger partial charge < -0.3 is 5.32 Å². The van der Waals surface area contributed by atoms with Crippen molar-refractivity contribution in [2.45, 2.75) is 32.2 Å². The number of benzene rings is 1. The Morgan fingerprint density at radius 1 is 1.21 bits per heavy atom. The van der Waals surface area contributed by atoms with Crippen LogP contribution in [0.25, 0.3) is 0 Å². The Morgan fingerprint density at radius 2 is 2.00 bits per heavy atom. The van der Waals surface area contributed by atoms with Crippen molar-refractivity contribution in [3.63, 3.8) is 0 Å². The molecule has 2 rings (SSSR count). The van der Waals surface area contributed by atoms with Gasteiger partial charge in [0.2, 0.25) is 0 Å². The van der Waals surface area contributed by atoms with E-state index in [1.807, 2.05) is 17.9 Å². The number of rotatable bonds is 7. The van der Waals surface area contributed by atoms with Crippen molar-refractivity contribution in [1.82, 2.24) is 15.1 Å². The molecular weight excluding hydrogens is 234 g/mol. The fourth-order valence-electron chi connectivity index (χ4n) is 2.33. The Kier molecular flexibility index (Phi) is 5.16. The minimum absolute atomic E-state index is 0.454. The Bertz CT molecular complexity index is 476. The molecule has 1 N–H and O–H groups in total. The molecular formula is C16H23N3. The molecule has 102 valence electrons. The summed E-state index contributed by atoms with van der Waals surface area (Å²) in [7, 11) is 1.96. The smallest absolute Gasteiger partial charge is 0.0637 e. The summed E-state index contributed by atoms with van der Waals surface area (Å²) in [5.74, 6) is 0. The van der Waals surface area contributed by atoms with Gasteiger partial charge in [0.05, 0.1) is 5.69 Å². The van der Waals surface area contributed by atoms with Crippen molar-refractivity contribution in [2.24, 2.45) is 7.05 Å². The zero-order chi connectivity index (χ0) is 13.5. The van der Waals surface area contributed by atoms with Gasteiger partial charge in [0.25, 0.3) is 0 Å². The Labute approximate surface area is 115 Å². The molecule has 1 heterocycles. The van der Waals surface area contributed by atoms with Crippen LogP contribution in [0.1, 0.15) is 37.1 Å². The van der Waals surface area contributed by atoms with Crippen LogP contribution in [-0.2, 0) is 13.5 Å². The average molecular weight is 257 g/mol. The topological polar surface area (TPSA) is 29.9 Å². The minimum atomic E-state index is 0.454. The highest BCUT2D eigenvalue weighted by Gasteiger charge is 2.09. The number of aromatic nitrogens is 2. The summed E-state index contributed by atoms with van der Waals surface area (Å²) in [6, 6.07) is 13.2. The second kappa shape index (κ2) is 7.10. The molecule has 0 aliphatic heterocycles. The molecule has 0 fully saturated rings. The summed E-state index contributed by atoms with van der Waals surface area (Å²) in [4.78, 5) is 0. The van der Waals surface area contributed by atoms with Gasteiger partial charge in [-0.05, 0) is 18.1 Å². The number of hydrogen-bond acceptors (Lipinski definition) is 2. The summed E-state index contributed by atoms with van der Waals surface area (Å²) >= 11 is 0. The lowest BCUT2D eigenvalue weighted by Gasteiger charge is -2.18. The molecule has 2 aromatic rings. The molecule has 1 atom stereocenters. The molecule has 0 aliphatic rings. The van der Waals surface area contributed by atoms with E-state index in [9.17, 15) is 0 Å². The van der Waals surface area contributed by atoms with Gasteiger partial charge in [-0.2, -0.15) is 5.10 Å². The summed E-state index contributed by atoms with van der Waals surface area (Å²) in [5, 5.41) is 8.05. The first-order valence-corrected chi connectivity index (χ1v) is 7.06. The lowest BCUT2D eigenvalue weighted by atomic mass is 10.0. The highest BCUT2D eigenvalue weighted by molar-refractivity contribution is 5.18. The number of nitrogens with one attached hydrogen (secondary N) is 1. The van der Waals surface area contributed by atoms with E-state index in [4.69, 9.17) is 0 Å². The Hall–Kier alpha value is -1.61. The maximum absolute atomic E-state index is 4.40. The fourth-order valence-corrected chi connectivity index (χ4v) is 2.33. The predicted molar refractivity (Wildman–Crippen MR) is 79.0 cm³/mol. The van der Waals surface area contributed by atoms with E-state index in [-0.39, 0.29) is 0 Å². The minimum Gasteiger partial charge on any atom is -0.310 e. The van der Waals surface area contributed by atoms with Gasteiger partial charge in [-0.25, -0.2) is 0 Å². The van der Waals surface area contributed by atoms with Crippen molar-refractivity contribution >= 4 is 0 Å². The monoisotopic (exact) mass is 257 g/mol. The number of aryl methyl sites for hydroxylation is 1. The van der Waals surface area contributed by atoms with Crippen molar-refractivity contribution < 1.29 is 0 Å². The molecule has 0 saturated heterocycles. The molecule has 0 spiro atoms. The molecule has 1 unspecified atom stereocenters. The SMILES string of the molecule is CCCC(NCCc1ccn(C)n1)c1ccccc1. The summed E-state index contributed by atoms with van der Waals surface area (Å²) < 4.78 is 1.86. The Balaban J connectivity index is 1.87. The molecule has 0 bridgehead atoms. The second-order valence-corrected chi connectivity index (χ2v) is 4.94. The highest BCUT2D eigenvalue weighted by Crippen LogP contribution is 2.17. The van der Waals surface area contributed by atoms with Crippen LogP contribution in [0.3, 0.4) is 0 Å². The molecule has 0 aliphatic carbocycles. The highest BCUT2D eigenvalue weighted by atomic mass is 15.2. The second-order valence-electron chi connectivity index (χ2n) is 4.94. The first kappa shape index (κ1) is 13.8. The third kappa shape index (κ3) is 4.21. The maximum Gasteiger partial charge on any atom is 0.0637 e. The third-order valence-corrected chi connectivity index (χ3v) is 3.32. The first-order chi connectivity index (χ1) is 9.29.